The lowest BCUT2D eigenvalue weighted by atomic mass is 10.2. The predicted molar refractivity (Wildman–Crippen MR) is 97.0 cm³/mol. The minimum Gasteiger partial charge on any atom is -0.463 e. The number of nitrogens with two attached hydrogens (primary N) is 1. The molecule has 0 bridgehead atoms. The molecule has 1 amide bonds. The zero-order valence-electron chi connectivity index (χ0n) is 14.7. The van der Waals surface area contributed by atoms with Crippen LogP contribution in [0.1, 0.15) is 31.6 Å². The normalized spacial score (nSPS) is 16.5. The van der Waals surface area contributed by atoms with E-state index in [4.69, 9.17) is 4.42 Å². The van der Waals surface area contributed by atoms with Crippen LogP contribution in [0.4, 0.5) is 5.69 Å². The Balaban J connectivity index is 1.54. The van der Waals surface area contributed by atoms with Crippen molar-refractivity contribution in [2.45, 2.75) is 30.7 Å². The number of amides is 1. The summed E-state index contributed by atoms with van der Waals surface area (Å²) in [6.07, 6.45) is 3.41. The number of hydrogen-bond donors (Lipinski definition) is 2. The molecular weight excluding hydrogens is 354 g/mol. The van der Waals surface area contributed by atoms with Gasteiger partial charge < -0.3 is 15.1 Å². The first-order valence-electron chi connectivity index (χ1n) is 8.73. The van der Waals surface area contributed by atoms with E-state index in [1.165, 1.54) is 4.31 Å². The number of sulfonamides is 1. The van der Waals surface area contributed by atoms with Crippen molar-refractivity contribution in [1.29, 1.82) is 0 Å². The van der Waals surface area contributed by atoms with Gasteiger partial charge in [0.15, 0.2) is 12.3 Å². The van der Waals surface area contributed by atoms with Crippen molar-refractivity contribution in [2.75, 3.05) is 25.0 Å². The highest BCUT2D eigenvalue weighted by Gasteiger charge is 2.26. The molecule has 8 heteroatoms. The van der Waals surface area contributed by atoms with Crippen LogP contribution in [0.25, 0.3) is 0 Å². The molecule has 0 radical (unpaired) electrons. The average molecular weight is 378 g/mol. The van der Waals surface area contributed by atoms with E-state index in [9.17, 15) is 13.2 Å². The number of nitrogens with zero attached hydrogens (tertiary/aromatic N) is 1. The maximum absolute atomic E-state index is 12.5. The molecule has 140 valence electrons. The monoisotopic (exact) mass is 378 g/mol. The molecule has 1 aromatic carbocycles. The zero-order chi connectivity index (χ0) is 18.6. The highest BCUT2D eigenvalue weighted by molar-refractivity contribution is 7.89. The number of anilines is 1. The zero-order valence-corrected chi connectivity index (χ0v) is 15.5. The van der Waals surface area contributed by atoms with Crippen molar-refractivity contribution < 1.29 is 22.9 Å². The molecule has 0 spiro atoms. The first-order chi connectivity index (χ1) is 12.5. The number of nitrogens with one attached hydrogen (secondary N) is 1. The van der Waals surface area contributed by atoms with Crippen LogP contribution < -0.4 is 10.6 Å². The van der Waals surface area contributed by atoms with E-state index in [-0.39, 0.29) is 23.4 Å². The average Bonchev–Trinajstić information content (AvgIpc) is 3.33. The lowest BCUT2D eigenvalue weighted by Crippen LogP contribution is -2.86. The lowest BCUT2D eigenvalue weighted by molar-refractivity contribution is -0.684. The van der Waals surface area contributed by atoms with Crippen molar-refractivity contribution in [3.63, 3.8) is 0 Å². The summed E-state index contributed by atoms with van der Waals surface area (Å²) in [5.74, 6) is 0.660. The largest absolute Gasteiger partial charge is 0.463 e. The van der Waals surface area contributed by atoms with E-state index < -0.39 is 10.0 Å². The minimum absolute atomic E-state index is 0.0451. The number of rotatable bonds is 7. The summed E-state index contributed by atoms with van der Waals surface area (Å²) >= 11 is 0. The highest BCUT2D eigenvalue weighted by Crippen LogP contribution is 2.22. The van der Waals surface area contributed by atoms with Crippen molar-refractivity contribution in [3.05, 3.63) is 48.4 Å². The Bertz CT molecular complexity index is 826. The second kappa shape index (κ2) is 8.03. The summed E-state index contributed by atoms with van der Waals surface area (Å²) in [6, 6.07) is 10.1. The number of carbonyl (C=O) groups excluding carboxylic acids is 1. The molecule has 1 aliphatic heterocycles. The molecule has 1 atom stereocenters. The Morgan fingerprint density at radius 1 is 1.23 bits per heavy atom. The van der Waals surface area contributed by atoms with Gasteiger partial charge in [0.1, 0.15) is 6.04 Å². The summed E-state index contributed by atoms with van der Waals surface area (Å²) < 4.78 is 31.8. The maximum Gasteiger partial charge on any atom is 0.279 e. The molecule has 7 nitrogen and oxygen atoms in total. The van der Waals surface area contributed by atoms with E-state index >= 15 is 0 Å². The maximum atomic E-state index is 12.5. The third kappa shape index (κ3) is 4.32. The van der Waals surface area contributed by atoms with Crippen LogP contribution in [-0.4, -0.2) is 38.3 Å². The molecule has 1 aliphatic rings. The Morgan fingerprint density at radius 2 is 1.92 bits per heavy atom. The van der Waals surface area contributed by atoms with Crippen LogP contribution >= 0.6 is 0 Å². The van der Waals surface area contributed by atoms with Gasteiger partial charge in [0, 0.05) is 18.8 Å². The Labute approximate surface area is 153 Å². The van der Waals surface area contributed by atoms with Crippen LogP contribution in [0.3, 0.4) is 0 Å². The van der Waals surface area contributed by atoms with E-state index in [1.807, 2.05) is 24.4 Å². The van der Waals surface area contributed by atoms with Gasteiger partial charge in [-0.15, -0.1) is 0 Å². The number of carbonyl (C=O) groups is 1. The van der Waals surface area contributed by atoms with E-state index in [0.717, 1.165) is 18.6 Å². The van der Waals surface area contributed by atoms with Crippen molar-refractivity contribution in [3.8, 4) is 0 Å². The molecular formula is C18H24N3O4S+. The molecule has 1 aromatic heterocycles. The summed E-state index contributed by atoms with van der Waals surface area (Å²) in [4.78, 5) is 12.3. The Morgan fingerprint density at radius 3 is 2.54 bits per heavy atom. The third-order valence-corrected chi connectivity index (χ3v) is 6.40. The first-order valence-corrected chi connectivity index (χ1v) is 10.2. The summed E-state index contributed by atoms with van der Waals surface area (Å²) in [5.41, 5.74) is 0.578. The molecule has 0 saturated carbocycles. The van der Waals surface area contributed by atoms with Gasteiger partial charge in [-0.2, -0.15) is 4.31 Å². The number of hydrogen-bond acceptors (Lipinski definition) is 4. The van der Waals surface area contributed by atoms with Crippen LogP contribution in [-0.2, 0) is 14.8 Å². The summed E-state index contributed by atoms with van der Waals surface area (Å²) in [7, 11) is -3.43. The van der Waals surface area contributed by atoms with Gasteiger partial charge in [-0.3, -0.25) is 4.79 Å². The lowest BCUT2D eigenvalue weighted by Gasteiger charge is -2.15. The topological polar surface area (TPSA) is 96.2 Å². The van der Waals surface area contributed by atoms with Gasteiger partial charge in [-0.05, 0) is 56.2 Å². The van der Waals surface area contributed by atoms with Gasteiger partial charge in [0.05, 0.1) is 11.2 Å². The first kappa shape index (κ1) is 18.6. The predicted octanol–water partition coefficient (Wildman–Crippen LogP) is 1.33. The Kier molecular flexibility index (Phi) is 5.75. The number of quaternary nitrogens is 1. The fourth-order valence-electron chi connectivity index (χ4n) is 2.95. The smallest absolute Gasteiger partial charge is 0.279 e. The van der Waals surface area contributed by atoms with Crippen molar-refractivity contribution in [2.24, 2.45) is 0 Å². The molecule has 3 N–H and O–H groups in total. The molecule has 1 fully saturated rings. The van der Waals surface area contributed by atoms with Crippen LogP contribution in [0.5, 0.6) is 0 Å². The standard InChI is InChI=1S/C18H23N3O4S/c1-14(17-5-4-12-25-17)19-13-18(22)20-15-6-8-16(9-7-15)26(23,24)21-10-2-3-11-21/h4-9,12,14,19H,2-3,10-11,13H2,1H3,(H,20,22)/p+1/t14-/m1/s1. The molecule has 3 rings (SSSR count). The minimum atomic E-state index is -3.43. The second-order valence-electron chi connectivity index (χ2n) is 6.43. The van der Waals surface area contributed by atoms with Gasteiger partial charge >= 0.3 is 0 Å². The fourth-order valence-corrected chi connectivity index (χ4v) is 4.47. The van der Waals surface area contributed by atoms with E-state index in [0.29, 0.717) is 18.8 Å². The molecule has 1 saturated heterocycles. The number of furan rings is 1. The van der Waals surface area contributed by atoms with Crippen LogP contribution in [0.2, 0.25) is 0 Å². The third-order valence-electron chi connectivity index (χ3n) is 4.49. The van der Waals surface area contributed by atoms with Gasteiger partial charge in [-0.25, -0.2) is 8.42 Å². The van der Waals surface area contributed by atoms with Crippen molar-refractivity contribution in [1.82, 2.24) is 4.31 Å². The van der Waals surface area contributed by atoms with Crippen molar-refractivity contribution >= 4 is 21.6 Å². The SMILES string of the molecule is C[C@@H]([NH2+]CC(=O)Nc1ccc(S(=O)(=O)N2CCCC2)cc1)c1ccco1. The molecule has 26 heavy (non-hydrogen) atoms. The summed E-state index contributed by atoms with van der Waals surface area (Å²) in [6.45, 7) is 3.36. The quantitative estimate of drug-likeness (QED) is 0.760. The molecule has 2 aromatic rings. The van der Waals surface area contributed by atoms with Crippen LogP contribution in [0.15, 0.2) is 52.0 Å². The van der Waals surface area contributed by atoms with E-state index in [2.05, 4.69) is 5.32 Å². The Hall–Kier alpha value is -2.16. The van der Waals surface area contributed by atoms with Gasteiger partial charge in [-0.1, -0.05) is 0 Å². The molecule has 2 heterocycles. The number of benzene rings is 1. The van der Waals surface area contributed by atoms with Gasteiger partial charge in [0.25, 0.3) is 5.91 Å². The highest BCUT2D eigenvalue weighted by atomic mass is 32.2. The second-order valence-corrected chi connectivity index (χ2v) is 8.37. The van der Waals surface area contributed by atoms with E-state index in [1.54, 1.807) is 30.5 Å². The molecule has 0 aliphatic carbocycles. The van der Waals surface area contributed by atoms with Gasteiger partial charge in [0.2, 0.25) is 10.0 Å². The fraction of sp³-hybridized carbons (Fsp3) is 0.389. The summed E-state index contributed by atoms with van der Waals surface area (Å²) in [5, 5.41) is 4.66. The van der Waals surface area contributed by atoms with Crippen LogP contribution in [0, 0.1) is 0 Å². The molecule has 0 unspecified atom stereocenters.